The maximum Gasteiger partial charge on any atom is 0.225 e. The SMILES string of the molecule is CC(C)(C)C12CC(C1)C2.CC12CC(C(C)(C)C)(C1)C2.CC12CC(C(C)(C)C)(C1)C2.CC1CC(C(=O)NC2CC2)C1.CC1CC(CC(=O)CC2CC2)C1.CC1CCC(C(=O)NC2CC2)CC1.CC1CN(C(=O)C2CC2)C1.CCC.CCC.CCC.CCC.CCC12CC(C(C)(C)C)(C1)C2.COCC12CC(C(C)(C)C)(C1)C2. The first-order valence-electron chi connectivity index (χ1n) is 47.7. The first-order valence-corrected chi connectivity index (χ1v) is 47.7. The maximum absolute atomic E-state index is 11.6. The lowest BCUT2D eigenvalue weighted by atomic mass is 9.29. The molecule has 642 valence electrons. The van der Waals surface area contributed by atoms with Gasteiger partial charge in [-0.2, -0.15) is 0 Å². The molecule has 0 aromatic rings. The third kappa shape index (κ3) is 25.3. The third-order valence-electron chi connectivity index (χ3n) is 31.5. The first kappa shape index (κ1) is 96.9. The normalized spacial score (nSPS) is 37.4. The molecule has 23 aliphatic rings. The molecule has 1 aliphatic heterocycles. The average molecular weight is 1540 g/mol. The van der Waals surface area contributed by atoms with Crippen LogP contribution in [0.4, 0.5) is 0 Å². The predicted molar refractivity (Wildman–Crippen MR) is 472 cm³/mol. The molecule has 0 unspecified atom stereocenters. The molecule has 110 heavy (non-hydrogen) atoms. The molecule has 22 saturated carbocycles. The fraction of sp³-hybridized carbons (Fsp3) is 0.961. The van der Waals surface area contributed by atoms with Crippen molar-refractivity contribution < 1.29 is 23.9 Å². The largest absolute Gasteiger partial charge is 0.384 e. The molecular formula is C102H189N3O5. The highest BCUT2D eigenvalue weighted by atomic mass is 16.5. The van der Waals surface area contributed by atoms with Crippen LogP contribution >= 0.6 is 0 Å². The van der Waals surface area contributed by atoms with E-state index in [4.69, 9.17) is 4.74 Å². The standard InChI is InChI=1S/C11H19NO.C11H20O.C11H18O.C11H20.2C10H18.C9H15NO.C9H16.C8H13NO.4C3H8/c1-8-2-4-9(5-3-8)11(13)12-10-6-7-10;1-9(2,3)11-5-10(6-11,7-11)8-12-4;1-8-4-10(5-8)7-11(12)6-9-2-3-9;1-5-10-6-11(7-10,8-10)9(2,3)4;2*1-8(2,3)10-5-9(4,6-10)7-10;1-6-4-7(5-6)9(11)10-8-2-3-8;1-8(2,3)9-4-7(5-9)6-9;1-6-4-9(5-6)8(10)7-2-3-7;4*1-3-2/h8-10H,2-7H2,1H3,(H,12,13);5-8H2,1-4H3;8-10H,2-7H2,1H3;5-8H2,1-4H3;2*5-7H2,1-4H3;6-8H,2-5H2,1H3,(H,10,11);7H,4-6H2,1-3H3;6-7H,2-5H2,1H3;4*3H2,1-2H3. The lowest BCUT2D eigenvalue weighted by molar-refractivity contribution is -0.275. The van der Waals surface area contributed by atoms with Crippen molar-refractivity contribution in [1.82, 2.24) is 15.5 Å². The molecule has 0 spiro atoms. The molecule has 1 heterocycles. The molecule has 1 saturated heterocycles. The molecule has 10 bridgehead atoms. The number of methoxy groups -OCH3 is 1. The Kier molecular flexibility index (Phi) is 33.8. The minimum Gasteiger partial charge on any atom is -0.384 e. The van der Waals surface area contributed by atoms with Crippen LogP contribution in [0.15, 0.2) is 0 Å². The van der Waals surface area contributed by atoms with E-state index in [0.29, 0.717) is 91.2 Å². The van der Waals surface area contributed by atoms with Gasteiger partial charge in [0.05, 0.1) is 6.61 Å². The van der Waals surface area contributed by atoms with Gasteiger partial charge in [-0.25, -0.2) is 0 Å². The van der Waals surface area contributed by atoms with E-state index < -0.39 is 0 Å². The summed E-state index contributed by atoms with van der Waals surface area (Å²) in [6, 6.07) is 1.07. The number of nitrogens with one attached hydrogen (secondary N) is 2. The molecule has 8 heteroatoms. The number of likely N-dealkylation sites (tertiary alicyclic amines) is 1. The number of ether oxygens (including phenoxy) is 1. The lowest BCUT2D eigenvalue weighted by Gasteiger charge is -2.76. The van der Waals surface area contributed by atoms with Crippen molar-refractivity contribution >= 4 is 23.5 Å². The number of amides is 3. The highest BCUT2D eigenvalue weighted by Crippen LogP contribution is 2.82. The summed E-state index contributed by atoms with van der Waals surface area (Å²) in [7, 11) is 1.82. The lowest BCUT2D eigenvalue weighted by Crippen LogP contribution is -2.68. The van der Waals surface area contributed by atoms with Crippen LogP contribution in [0.1, 0.15) is 452 Å². The molecule has 0 radical (unpaired) electrons. The Bertz CT molecular complexity index is 2670. The number of carbonyl (C=O) groups excluding carboxylic acids is 4. The Labute approximate surface area is 684 Å². The van der Waals surface area contributed by atoms with Crippen molar-refractivity contribution in [3.63, 3.8) is 0 Å². The van der Waals surface area contributed by atoms with Gasteiger partial charge >= 0.3 is 0 Å². The van der Waals surface area contributed by atoms with Crippen LogP contribution in [0, 0.1) is 135 Å². The zero-order valence-electron chi connectivity index (χ0n) is 79.4. The minimum atomic E-state index is 0.311. The summed E-state index contributed by atoms with van der Waals surface area (Å²) in [5.74, 6) is 8.65. The van der Waals surface area contributed by atoms with Crippen LogP contribution in [0.2, 0.25) is 0 Å². The van der Waals surface area contributed by atoms with Gasteiger partial charge in [0, 0.05) is 62.9 Å². The van der Waals surface area contributed by atoms with Gasteiger partial charge in [-0.1, -0.05) is 240 Å². The monoisotopic (exact) mass is 1540 g/mol. The number of carbonyl (C=O) groups is 4. The van der Waals surface area contributed by atoms with Gasteiger partial charge in [-0.15, -0.1) is 0 Å². The van der Waals surface area contributed by atoms with Gasteiger partial charge in [0.15, 0.2) is 0 Å². The summed E-state index contributed by atoms with van der Waals surface area (Å²) in [4.78, 5) is 47.6. The Hall–Kier alpha value is -1.96. The highest BCUT2D eigenvalue weighted by molar-refractivity contribution is 5.82. The van der Waals surface area contributed by atoms with E-state index in [1.165, 1.54) is 193 Å². The molecule has 23 rings (SSSR count). The number of ketones is 1. The van der Waals surface area contributed by atoms with Crippen LogP contribution in [-0.2, 0) is 23.9 Å². The molecular weight excluding hydrogens is 1350 g/mol. The average Bonchev–Trinajstić information content (AvgIpc) is 1.52. The zero-order valence-corrected chi connectivity index (χ0v) is 79.4. The van der Waals surface area contributed by atoms with E-state index >= 15 is 0 Å². The molecule has 0 aromatic carbocycles. The van der Waals surface area contributed by atoms with Crippen LogP contribution in [-0.4, -0.2) is 67.3 Å². The van der Waals surface area contributed by atoms with Gasteiger partial charge in [0.25, 0.3) is 0 Å². The molecule has 22 aliphatic carbocycles. The Morgan fingerprint density at radius 2 is 0.691 bits per heavy atom. The number of nitrogens with zero attached hydrogens (tertiary/aromatic N) is 1. The van der Waals surface area contributed by atoms with Crippen molar-refractivity contribution in [3.8, 4) is 0 Å². The second kappa shape index (κ2) is 38.4. The summed E-state index contributed by atoms with van der Waals surface area (Å²) in [6.07, 6.45) is 49.9. The minimum absolute atomic E-state index is 0.311. The van der Waals surface area contributed by atoms with Crippen molar-refractivity contribution in [3.05, 3.63) is 0 Å². The fourth-order valence-electron chi connectivity index (χ4n) is 22.5. The van der Waals surface area contributed by atoms with E-state index in [0.717, 1.165) is 150 Å². The molecule has 2 N–H and O–H groups in total. The van der Waals surface area contributed by atoms with Gasteiger partial charge in [-0.3, -0.25) is 19.2 Å². The van der Waals surface area contributed by atoms with E-state index in [1.54, 1.807) is 0 Å². The van der Waals surface area contributed by atoms with Crippen LogP contribution in [0.3, 0.4) is 0 Å². The zero-order chi connectivity index (χ0) is 82.9. The van der Waals surface area contributed by atoms with Crippen LogP contribution < -0.4 is 10.6 Å². The van der Waals surface area contributed by atoms with E-state index in [1.807, 2.05) is 12.0 Å². The Morgan fingerprint density at radius 3 is 0.936 bits per heavy atom. The summed E-state index contributed by atoms with van der Waals surface area (Å²) in [5.41, 5.74) is 9.63. The number of Topliss-reactive ketones (excluding diaryl/α,β-unsaturated/α-hetero) is 1. The quantitative estimate of drug-likeness (QED) is 0.203. The van der Waals surface area contributed by atoms with Gasteiger partial charge < -0.3 is 20.3 Å². The topological polar surface area (TPSA) is 105 Å². The van der Waals surface area contributed by atoms with Crippen LogP contribution in [0.25, 0.3) is 0 Å². The smallest absolute Gasteiger partial charge is 0.225 e. The van der Waals surface area contributed by atoms with Gasteiger partial charge in [0.2, 0.25) is 17.7 Å². The second-order valence-corrected chi connectivity index (χ2v) is 48.7. The summed E-state index contributed by atoms with van der Waals surface area (Å²) < 4.78 is 5.24. The van der Waals surface area contributed by atoms with Crippen molar-refractivity contribution in [2.24, 2.45) is 135 Å². The Balaban J connectivity index is 0.000000190. The summed E-state index contributed by atoms with van der Waals surface area (Å²) >= 11 is 0. The molecule has 23 fully saturated rings. The molecule has 3 amide bonds. The van der Waals surface area contributed by atoms with Gasteiger partial charge in [0.1, 0.15) is 5.78 Å². The summed E-state index contributed by atoms with van der Waals surface area (Å²) in [5, 5.41) is 6.14. The Morgan fingerprint density at radius 1 is 0.373 bits per heavy atom. The number of rotatable bonds is 12. The highest BCUT2D eigenvalue weighted by Gasteiger charge is 2.73. The van der Waals surface area contributed by atoms with E-state index in [-0.39, 0.29) is 0 Å². The fourth-order valence-corrected chi connectivity index (χ4v) is 22.5. The number of hydrogen-bond donors (Lipinski definition) is 2. The van der Waals surface area contributed by atoms with Crippen molar-refractivity contribution in [2.75, 3.05) is 26.8 Å². The third-order valence-corrected chi connectivity index (χ3v) is 31.5. The van der Waals surface area contributed by atoms with E-state index in [2.05, 4.69) is 218 Å². The van der Waals surface area contributed by atoms with Crippen molar-refractivity contribution in [2.45, 2.75) is 464 Å². The summed E-state index contributed by atoms with van der Waals surface area (Å²) in [6.45, 7) is 72.1. The van der Waals surface area contributed by atoms with Gasteiger partial charge in [-0.05, 0) is 316 Å². The van der Waals surface area contributed by atoms with Crippen LogP contribution in [0.5, 0.6) is 0 Å². The predicted octanol–water partition coefficient (Wildman–Crippen LogP) is 28.5. The van der Waals surface area contributed by atoms with Crippen molar-refractivity contribution in [1.29, 1.82) is 0 Å². The molecule has 0 aromatic heterocycles. The number of hydrogen-bond acceptors (Lipinski definition) is 5. The first-order chi connectivity index (χ1) is 50.8. The molecule has 0 atom stereocenters. The maximum atomic E-state index is 11.6. The van der Waals surface area contributed by atoms with E-state index in [9.17, 15) is 19.2 Å². The second-order valence-electron chi connectivity index (χ2n) is 48.7. The molecule has 8 nitrogen and oxygen atoms in total.